The second-order valence-corrected chi connectivity index (χ2v) is 8.38. The number of thiophene rings is 1. The fourth-order valence-corrected chi connectivity index (χ4v) is 4.29. The molecule has 4 rings (SSSR count). The summed E-state index contributed by atoms with van der Waals surface area (Å²) in [6.45, 7) is 6.82. The van der Waals surface area contributed by atoms with E-state index in [9.17, 15) is 18.0 Å². The number of carboxylic acid groups (broad SMARTS) is 1. The van der Waals surface area contributed by atoms with Gasteiger partial charge in [-0.3, -0.25) is 14.7 Å². The van der Waals surface area contributed by atoms with Gasteiger partial charge in [0.15, 0.2) is 0 Å². The first-order valence-corrected chi connectivity index (χ1v) is 10.1. The first kappa shape index (κ1) is 22.2. The van der Waals surface area contributed by atoms with Crippen molar-refractivity contribution in [3.05, 3.63) is 46.2 Å². The van der Waals surface area contributed by atoms with E-state index in [0.29, 0.717) is 11.1 Å². The summed E-state index contributed by atoms with van der Waals surface area (Å²) in [7, 11) is 0. The highest BCUT2D eigenvalue weighted by Crippen LogP contribution is 2.40. The maximum Gasteiger partial charge on any atom is 0.490 e. The Balaban J connectivity index is 0.000000318. The molecular weight excluding hydrogens is 421 g/mol. The van der Waals surface area contributed by atoms with Gasteiger partial charge in [-0.2, -0.15) is 24.5 Å². The van der Waals surface area contributed by atoms with E-state index in [1.54, 1.807) is 23.7 Å². The maximum atomic E-state index is 12.4. The Morgan fingerprint density at radius 3 is 2.47 bits per heavy atom. The van der Waals surface area contributed by atoms with Gasteiger partial charge in [-0.25, -0.2) is 9.78 Å². The zero-order valence-corrected chi connectivity index (χ0v) is 17.0. The molecule has 4 heterocycles. The molecule has 2 fully saturated rings. The van der Waals surface area contributed by atoms with Gasteiger partial charge in [-0.05, 0) is 42.3 Å². The fraction of sp³-hybridized carbons (Fsp3) is 0.474. The van der Waals surface area contributed by atoms with Crippen molar-refractivity contribution in [2.45, 2.75) is 26.1 Å². The summed E-state index contributed by atoms with van der Waals surface area (Å²) in [6, 6.07) is 2.20. The lowest BCUT2D eigenvalue weighted by atomic mass is 9.79. The van der Waals surface area contributed by atoms with Gasteiger partial charge >= 0.3 is 12.1 Å². The van der Waals surface area contributed by atoms with Gasteiger partial charge in [0.2, 0.25) is 0 Å². The van der Waals surface area contributed by atoms with Gasteiger partial charge in [-0.1, -0.05) is 0 Å². The van der Waals surface area contributed by atoms with E-state index < -0.39 is 12.1 Å². The van der Waals surface area contributed by atoms with Crippen LogP contribution in [0.3, 0.4) is 0 Å². The van der Waals surface area contributed by atoms with E-state index in [1.807, 2.05) is 11.8 Å². The van der Waals surface area contributed by atoms with E-state index >= 15 is 0 Å². The van der Waals surface area contributed by atoms with E-state index in [1.165, 1.54) is 12.0 Å². The molecule has 30 heavy (non-hydrogen) atoms. The minimum absolute atomic E-state index is 0.0133. The molecule has 2 aliphatic rings. The van der Waals surface area contributed by atoms with Crippen LogP contribution in [0.5, 0.6) is 0 Å². The lowest BCUT2D eigenvalue weighted by Crippen LogP contribution is -2.59. The number of carbonyl (C=O) groups is 2. The number of nitrogens with zero attached hydrogens (tertiary/aromatic N) is 4. The highest BCUT2D eigenvalue weighted by molar-refractivity contribution is 7.07. The number of alkyl halides is 3. The number of amides is 1. The summed E-state index contributed by atoms with van der Waals surface area (Å²) >= 11 is 1.75. The average molecular weight is 442 g/mol. The number of aryl methyl sites for hydroxylation is 1. The third-order valence-electron chi connectivity index (χ3n) is 5.09. The second-order valence-electron chi connectivity index (χ2n) is 7.60. The van der Waals surface area contributed by atoms with E-state index in [4.69, 9.17) is 9.90 Å². The summed E-state index contributed by atoms with van der Waals surface area (Å²) < 4.78 is 31.7. The molecule has 11 heteroatoms. The van der Waals surface area contributed by atoms with Crippen LogP contribution in [0.4, 0.5) is 13.2 Å². The zero-order chi connectivity index (χ0) is 21.9. The molecule has 162 valence electrons. The van der Waals surface area contributed by atoms with Crippen molar-refractivity contribution in [2.24, 2.45) is 5.41 Å². The molecule has 2 saturated heterocycles. The maximum absolute atomic E-state index is 12.4. The molecule has 0 aliphatic carbocycles. The molecule has 0 bridgehead atoms. The summed E-state index contributed by atoms with van der Waals surface area (Å²) in [5.74, 6) is -2.74. The summed E-state index contributed by atoms with van der Waals surface area (Å²) in [6.07, 6.45) is -0.665. The number of hydrogen-bond acceptors (Lipinski definition) is 6. The fourth-order valence-electron chi connectivity index (χ4n) is 3.63. The zero-order valence-electron chi connectivity index (χ0n) is 16.2. The van der Waals surface area contributed by atoms with Crippen LogP contribution in [0.25, 0.3) is 0 Å². The highest BCUT2D eigenvalue weighted by atomic mass is 32.1. The number of aliphatic carboxylic acids is 1. The predicted octanol–water partition coefficient (Wildman–Crippen LogP) is 2.83. The number of halogens is 3. The first-order chi connectivity index (χ1) is 14.1. The smallest absolute Gasteiger partial charge is 0.475 e. The Bertz CT molecular complexity index is 881. The Morgan fingerprint density at radius 1 is 1.23 bits per heavy atom. The largest absolute Gasteiger partial charge is 0.490 e. The second kappa shape index (κ2) is 8.68. The van der Waals surface area contributed by atoms with Crippen LogP contribution in [0.15, 0.2) is 29.2 Å². The Labute approximate surface area is 175 Å². The molecular formula is C19H21F3N4O3S. The Hall–Kier alpha value is -2.53. The van der Waals surface area contributed by atoms with Crippen LogP contribution in [-0.4, -0.2) is 69.1 Å². The van der Waals surface area contributed by atoms with Crippen LogP contribution in [0.2, 0.25) is 0 Å². The summed E-state index contributed by atoms with van der Waals surface area (Å²) in [4.78, 5) is 34.1. The van der Waals surface area contributed by atoms with Crippen LogP contribution in [-0.2, 0) is 11.3 Å². The minimum atomic E-state index is -5.08. The number of likely N-dealkylation sites (tertiary alicyclic amines) is 2. The molecule has 2 aliphatic heterocycles. The number of rotatable bonds is 3. The molecule has 0 atom stereocenters. The van der Waals surface area contributed by atoms with Crippen molar-refractivity contribution in [1.82, 2.24) is 19.8 Å². The Kier molecular flexibility index (Phi) is 6.41. The monoisotopic (exact) mass is 442 g/mol. The Morgan fingerprint density at radius 2 is 1.93 bits per heavy atom. The van der Waals surface area contributed by atoms with Crippen LogP contribution < -0.4 is 0 Å². The standard InChI is InChI=1S/C17H20N4OS.C2HF3O2/c1-13-6-19-15(7-18-13)16(22)21-11-17(12-21)3-4-20(10-17)8-14-2-5-23-9-14;3-2(4,5)1(6)7/h2,5-7,9H,3-4,8,10-12H2,1H3;(H,6,7). The number of carbonyl (C=O) groups excluding carboxylic acids is 1. The topological polar surface area (TPSA) is 86.6 Å². The molecule has 7 nitrogen and oxygen atoms in total. The van der Waals surface area contributed by atoms with Crippen LogP contribution >= 0.6 is 11.3 Å². The molecule has 0 saturated carbocycles. The molecule has 0 aromatic carbocycles. The molecule has 1 amide bonds. The van der Waals surface area contributed by atoms with Crippen molar-refractivity contribution in [1.29, 1.82) is 0 Å². The van der Waals surface area contributed by atoms with Crippen molar-refractivity contribution < 1.29 is 27.9 Å². The van der Waals surface area contributed by atoms with Crippen molar-refractivity contribution in [3.8, 4) is 0 Å². The van der Waals surface area contributed by atoms with Gasteiger partial charge in [0.25, 0.3) is 5.91 Å². The van der Waals surface area contributed by atoms with Gasteiger partial charge in [0, 0.05) is 37.8 Å². The number of aromatic nitrogens is 2. The van der Waals surface area contributed by atoms with Crippen LogP contribution in [0.1, 0.15) is 28.2 Å². The predicted molar refractivity (Wildman–Crippen MR) is 103 cm³/mol. The molecule has 1 spiro atoms. The van der Waals surface area contributed by atoms with Gasteiger partial charge < -0.3 is 10.0 Å². The van der Waals surface area contributed by atoms with Crippen molar-refractivity contribution in [2.75, 3.05) is 26.2 Å². The normalized spacial score (nSPS) is 17.9. The number of hydrogen-bond donors (Lipinski definition) is 1. The molecule has 1 N–H and O–H groups in total. The van der Waals surface area contributed by atoms with Gasteiger partial charge in [0.05, 0.1) is 11.9 Å². The van der Waals surface area contributed by atoms with Crippen molar-refractivity contribution >= 4 is 23.2 Å². The lowest BCUT2D eigenvalue weighted by Gasteiger charge is -2.48. The summed E-state index contributed by atoms with van der Waals surface area (Å²) in [5, 5.41) is 11.5. The lowest BCUT2D eigenvalue weighted by molar-refractivity contribution is -0.192. The van der Waals surface area contributed by atoms with Crippen molar-refractivity contribution in [3.63, 3.8) is 0 Å². The summed E-state index contributed by atoms with van der Waals surface area (Å²) in [5.41, 5.74) is 2.98. The molecule has 0 unspecified atom stereocenters. The number of carboxylic acids is 1. The average Bonchev–Trinajstić information content (AvgIpc) is 3.31. The van der Waals surface area contributed by atoms with E-state index in [0.717, 1.165) is 38.4 Å². The highest BCUT2D eigenvalue weighted by Gasteiger charge is 2.49. The SMILES string of the molecule is Cc1cnc(C(=O)N2CC3(CCN(Cc4ccsc4)C3)C2)cn1.O=C(O)C(F)(F)F. The first-order valence-electron chi connectivity index (χ1n) is 9.19. The molecule has 0 radical (unpaired) electrons. The molecule has 2 aromatic rings. The van der Waals surface area contributed by atoms with Crippen LogP contribution in [0, 0.1) is 12.3 Å². The van der Waals surface area contributed by atoms with E-state index in [-0.39, 0.29) is 5.91 Å². The molecule has 2 aromatic heterocycles. The minimum Gasteiger partial charge on any atom is -0.475 e. The third kappa shape index (κ3) is 5.33. The van der Waals surface area contributed by atoms with Gasteiger partial charge in [-0.15, -0.1) is 0 Å². The quantitative estimate of drug-likeness (QED) is 0.787. The third-order valence-corrected chi connectivity index (χ3v) is 5.82. The van der Waals surface area contributed by atoms with E-state index in [2.05, 4.69) is 31.7 Å². The van der Waals surface area contributed by atoms with Gasteiger partial charge in [0.1, 0.15) is 5.69 Å².